The van der Waals surface area contributed by atoms with Gasteiger partial charge in [-0.2, -0.15) is 0 Å². The van der Waals surface area contributed by atoms with Crippen molar-refractivity contribution in [2.75, 3.05) is 0 Å². The van der Waals surface area contributed by atoms with Crippen LogP contribution in [0.25, 0.3) is 127 Å². The number of aromatic nitrogens is 3. The fourth-order valence-corrected chi connectivity index (χ4v) is 9.08. The van der Waals surface area contributed by atoms with Crippen molar-refractivity contribution in [1.82, 2.24) is 14.5 Å². The topological polar surface area (TPSA) is 70.1 Å². The van der Waals surface area contributed by atoms with Crippen molar-refractivity contribution < 1.29 is 13.3 Å². The number of hydrogen-bond acceptors (Lipinski definition) is 5. The second kappa shape index (κ2) is 11.8. The lowest BCUT2D eigenvalue weighted by Gasteiger charge is -2.11. The average Bonchev–Trinajstić information content (AvgIpc) is 4.04. The Morgan fingerprint density at radius 1 is 0.362 bits per heavy atom. The standard InChI is InChI=1S/C52H29N3O3/c1-2-12-32(13-3-1)55-40-26-24-30(31-25-27-44-38(28-31)33-14-4-7-19-41(33)56-44)29-39(40)49-50(36-17-10-22-45-47(36)34-15-5-8-20-42(34)57-45)53-51(54-52(49)55)37-18-11-23-46-48(37)35-16-6-9-21-43(35)58-46/h1-29H. The third-order valence-electron chi connectivity index (χ3n) is 11.6. The van der Waals surface area contributed by atoms with Gasteiger partial charge in [-0.3, -0.25) is 4.57 Å². The molecule has 6 nitrogen and oxygen atoms in total. The van der Waals surface area contributed by atoms with Crippen LogP contribution in [0.5, 0.6) is 0 Å². The number of fused-ring (bicyclic) bond motifs is 12. The van der Waals surface area contributed by atoms with Crippen LogP contribution in [-0.2, 0) is 0 Å². The Hall–Kier alpha value is -7.96. The normalized spacial score (nSPS) is 12.1. The van der Waals surface area contributed by atoms with Gasteiger partial charge in [0.2, 0.25) is 0 Å². The summed E-state index contributed by atoms with van der Waals surface area (Å²) >= 11 is 0. The predicted molar refractivity (Wildman–Crippen MR) is 235 cm³/mol. The molecule has 13 aromatic rings. The summed E-state index contributed by atoms with van der Waals surface area (Å²) in [6, 6.07) is 60.7. The van der Waals surface area contributed by atoms with E-state index in [1.807, 2.05) is 66.7 Å². The summed E-state index contributed by atoms with van der Waals surface area (Å²) < 4.78 is 21.3. The van der Waals surface area contributed by atoms with Gasteiger partial charge < -0.3 is 13.3 Å². The van der Waals surface area contributed by atoms with Crippen molar-refractivity contribution >= 4 is 87.8 Å². The monoisotopic (exact) mass is 743 g/mol. The van der Waals surface area contributed by atoms with E-state index in [9.17, 15) is 0 Å². The lowest BCUT2D eigenvalue weighted by molar-refractivity contribution is 0.668. The van der Waals surface area contributed by atoms with Gasteiger partial charge in [0.1, 0.15) is 39.1 Å². The highest BCUT2D eigenvalue weighted by Gasteiger charge is 2.25. The summed E-state index contributed by atoms with van der Waals surface area (Å²) in [5.74, 6) is 0.613. The molecule has 5 aromatic heterocycles. The summed E-state index contributed by atoms with van der Waals surface area (Å²) in [6.45, 7) is 0. The summed E-state index contributed by atoms with van der Waals surface area (Å²) in [7, 11) is 0. The molecule has 0 unspecified atom stereocenters. The van der Waals surface area contributed by atoms with Crippen molar-refractivity contribution in [2.45, 2.75) is 0 Å². The Balaban J connectivity index is 1.18. The molecule has 8 aromatic carbocycles. The van der Waals surface area contributed by atoms with E-state index in [-0.39, 0.29) is 0 Å². The van der Waals surface area contributed by atoms with E-state index in [1.54, 1.807) is 0 Å². The van der Waals surface area contributed by atoms with Crippen LogP contribution in [0.2, 0.25) is 0 Å². The summed E-state index contributed by atoms with van der Waals surface area (Å²) in [6.07, 6.45) is 0. The molecule has 0 bridgehead atoms. The molecular formula is C52H29N3O3. The van der Waals surface area contributed by atoms with Crippen LogP contribution in [0.15, 0.2) is 189 Å². The Bertz CT molecular complexity index is 3810. The van der Waals surface area contributed by atoms with Crippen LogP contribution in [0.1, 0.15) is 0 Å². The van der Waals surface area contributed by atoms with Crippen molar-refractivity contribution in [3.05, 3.63) is 176 Å². The number of benzene rings is 8. The fraction of sp³-hybridized carbons (Fsp3) is 0. The van der Waals surface area contributed by atoms with Gasteiger partial charge in [0.25, 0.3) is 0 Å². The largest absolute Gasteiger partial charge is 0.456 e. The molecule has 0 saturated carbocycles. The molecule has 0 aliphatic heterocycles. The Morgan fingerprint density at radius 3 is 1.62 bits per heavy atom. The molecule has 0 atom stereocenters. The summed E-state index contributed by atoms with van der Waals surface area (Å²) in [5.41, 5.74) is 12.8. The highest BCUT2D eigenvalue weighted by molar-refractivity contribution is 6.21. The summed E-state index contributed by atoms with van der Waals surface area (Å²) in [5, 5.41) is 8.27. The van der Waals surface area contributed by atoms with E-state index >= 15 is 0 Å². The van der Waals surface area contributed by atoms with Gasteiger partial charge in [0.15, 0.2) is 5.82 Å². The minimum absolute atomic E-state index is 0.613. The smallest absolute Gasteiger partial charge is 0.162 e. The quantitative estimate of drug-likeness (QED) is 0.179. The van der Waals surface area contributed by atoms with Crippen LogP contribution in [0.4, 0.5) is 0 Å². The molecule has 0 fully saturated rings. The maximum absolute atomic E-state index is 6.47. The number of para-hydroxylation sites is 4. The van der Waals surface area contributed by atoms with E-state index in [0.717, 1.165) is 121 Å². The molecule has 0 aliphatic carbocycles. The van der Waals surface area contributed by atoms with E-state index in [4.69, 9.17) is 23.2 Å². The van der Waals surface area contributed by atoms with E-state index < -0.39 is 0 Å². The first-order valence-corrected chi connectivity index (χ1v) is 19.4. The van der Waals surface area contributed by atoms with Crippen molar-refractivity contribution in [1.29, 1.82) is 0 Å². The molecule has 5 heterocycles. The van der Waals surface area contributed by atoms with Crippen LogP contribution in [0.3, 0.4) is 0 Å². The lowest BCUT2D eigenvalue weighted by atomic mass is 9.97. The molecule has 0 aliphatic rings. The van der Waals surface area contributed by atoms with Gasteiger partial charge in [0, 0.05) is 54.5 Å². The Morgan fingerprint density at radius 2 is 0.897 bits per heavy atom. The first kappa shape index (κ1) is 31.3. The number of hydrogen-bond donors (Lipinski definition) is 0. The molecular weight excluding hydrogens is 715 g/mol. The van der Waals surface area contributed by atoms with Crippen molar-refractivity contribution in [3.8, 4) is 39.5 Å². The molecule has 270 valence electrons. The first-order valence-electron chi connectivity index (χ1n) is 19.4. The maximum atomic E-state index is 6.47. The van der Waals surface area contributed by atoms with E-state index in [0.29, 0.717) is 5.82 Å². The minimum Gasteiger partial charge on any atom is -0.456 e. The Labute approximate surface area is 329 Å². The number of rotatable bonds is 4. The van der Waals surface area contributed by atoms with Crippen molar-refractivity contribution in [2.24, 2.45) is 0 Å². The highest BCUT2D eigenvalue weighted by atomic mass is 16.3. The van der Waals surface area contributed by atoms with Crippen LogP contribution in [-0.4, -0.2) is 14.5 Å². The SMILES string of the molecule is c1ccc(-n2c3ccc(-c4ccc5oc6ccccc6c5c4)cc3c3c(-c4cccc5oc6ccccc6c45)nc(-c4cccc5oc6ccccc6c45)nc32)cc1. The van der Waals surface area contributed by atoms with Crippen molar-refractivity contribution in [3.63, 3.8) is 0 Å². The summed E-state index contributed by atoms with van der Waals surface area (Å²) in [4.78, 5) is 11.2. The van der Waals surface area contributed by atoms with Gasteiger partial charge in [-0.05, 0) is 77.9 Å². The van der Waals surface area contributed by atoms with Crippen LogP contribution >= 0.6 is 0 Å². The fourth-order valence-electron chi connectivity index (χ4n) is 9.08. The lowest BCUT2D eigenvalue weighted by Crippen LogP contribution is -2.00. The second-order valence-electron chi connectivity index (χ2n) is 14.9. The molecule has 0 N–H and O–H groups in total. The maximum Gasteiger partial charge on any atom is 0.162 e. The molecule has 0 radical (unpaired) electrons. The zero-order valence-corrected chi connectivity index (χ0v) is 30.8. The third kappa shape index (κ3) is 4.42. The highest BCUT2D eigenvalue weighted by Crippen LogP contribution is 2.45. The van der Waals surface area contributed by atoms with E-state index in [1.165, 1.54) is 0 Å². The molecule has 0 amide bonds. The molecule has 0 saturated heterocycles. The second-order valence-corrected chi connectivity index (χ2v) is 14.9. The van der Waals surface area contributed by atoms with E-state index in [2.05, 4.69) is 114 Å². The van der Waals surface area contributed by atoms with Gasteiger partial charge in [0.05, 0.1) is 16.6 Å². The van der Waals surface area contributed by atoms with Gasteiger partial charge in [-0.25, -0.2) is 9.97 Å². The zero-order valence-electron chi connectivity index (χ0n) is 30.8. The molecule has 13 rings (SSSR count). The van der Waals surface area contributed by atoms with Gasteiger partial charge >= 0.3 is 0 Å². The van der Waals surface area contributed by atoms with Crippen LogP contribution in [0, 0.1) is 0 Å². The third-order valence-corrected chi connectivity index (χ3v) is 11.6. The average molecular weight is 744 g/mol. The molecule has 58 heavy (non-hydrogen) atoms. The minimum atomic E-state index is 0.613. The number of furan rings is 3. The number of nitrogens with zero attached hydrogens (tertiary/aromatic N) is 3. The van der Waals surface area contributed by atoms with Gasteiger partial charge in [-0.1, -0.05) is 109 Å². The zero-order chi connectivity index (χ0) is 37.9. The molecule has 6 heteroatoms. The first-order chi connectivity index (χ1) is 28.7. The Kier molecular flexibility index (Phi) is 6.35. The molecule has 0 spiro atoms. The predicted octanol–water partition coefficient (Wildman–Crippen LogP) is 14.3. The van der Waals surface area contributed by atoms with Gasteiger partial charge in [-0.15, -0.1) is 0 Å². The van der Waals surface area contributed by atoms with Crippen LogP contribution < -0.4 is 0 Å².